The molecule has 0 aromatic heterocycles. The lowest BCUT2D eigenvalue weighted by molar-refractivity contribution is 0.0998. The number of carbonyl (C=O) groups excluding carboxylic acids is 1. The normalized spacial score (nSPS) is 13.4. The van der Waals surface area contributed by atoms with Gasteiger partial charge in [-0.15, -0.1) is 6.42 Å². The number of Topliss-reactive ketones (excluding diaryl/α,β-unsaturated/α-hetero) is 1. The Morgan fingerprint density at radius 3 is 2.93 bits per heavy atom. The second kappa shape index (κ2) is 3.67. The third kappa shape index (κ3) is 1.56. The topological polar surface area (TPSA) is 17.1 Å². The summed E-state index contributed by atoms with van der Waals surface area (Å²) in [6.45, 7) is 0. The minimum Gasteiger partial charge on any atom is -0.293 e. The number of hydrogen-bond donors (Lipinski definition) is 0. The Morgan fingerprint density at radius 2 is 2.14 bits per heavy atom. The Bertz CT molecular complexity index is 410. The van der Waals surface area contributed by atoms with Gasteiger partial charge in [0, 0.05) is 5.56 Å². The largest absolute Gasteiger partial charge is 0.293 e. The van der Waals surface area contributed by atoms with Gasteiger partial charge >= 0.3 is 0 Å². The van der Waals surface area contributed by atoms with E-state index in [2.05, 4.69) is 12.0 Å². The van der Waals surface area contributed by atoms with Gasteiger partial charge in [0.05, 0.1) is 6.42 Å². The van der Waals surface area contributed by atoms with Crippen LogP contribution in [0.25, 0.3) is 0 Å². The summed E-state index contributed by atoms with van der Waals surface area (Å²) >= 11 is 0. The van der Waals surface area contributed by atoms with Gasteiger partial charge in [0.25, 0.3) is 0 Å². The summed E-state index contributed by atoms with van der Waals surface area (Å²) < 4.78 is 0. The van der Waals surface area contributed by atoms with Gasteiger partial charge in [0.15, 0.2) is 5.78 Å². The molecule has 0 heterocycles. The standard InChI is InChI=1S/C13H12O/c1-2-4-13(14)12-8-7-10-5-3-6-11(10)9-12/h1,7-9H,3-6H2. The van der Waals surface area contributed by atoms with Gasteiger partial charge < -0.3 is 0 Å². The van der Waals surface area contributed by atoms with Crippen molar-refractivity contribution in [3.63, 3.8) is 0 Å². The molecule has 14 heavy (non-hydrogen) atoms. The molecule has 0 aliphatic heterocycles. The molecule has 0 radical (unpaired) electrons. The number of hydrogen-bond acceptors (Lipinski definition) is 1. The zero-order valence-electron chi connectivity index (χ0n) is 8.05. The molecule has 1 aliphatic carbocycles. The first-order valence-corrected chi connectivity index (χ1v) is 4.90. The number of rotatable bonds is 2. The van der Waals surface area contributed by atoms with Crippen LogP contribution in [0.4, 0.5) is 0 Å². The van der Waals surface area contributed by atoms with Gasteiger partial charge in [-0.25, -0.2) is 0 Å². The lowest BCUT2D eigenvalue weighted by atomic mass is 10.0. The highest BCUT2D eigenvalue weighted by Gasteiger charge is 2.12. The van der Waals surface area contributed by atoms with Crippen LogP contribution in [0, 0.1) is 12.3 Å². The first-order chi connectivity index (χ1) is 6.81. The average molecular weight is 184 g/mol. The molecule has 0 unspecified atom stereocenters. The molecular weight excluding hydrogens is 172 g/mol. The molecule has 1 aromatic carbocycles. The van der Waals surface area contributed by atoms with Crippen LogP contribution in [0.2, 0.25) is 0 Å². The Hall–Kier alpha value is -1.55. The fourth-order valence-electron chi connectivity index (χ4n) is 1.94. The molecular formula is C13H12O. The van der Waals surface area contributed by atoms with Gasteiger partial charge in [-0.2, -0.15) is 0 Å². The van der Waals surface area contributed by atoms with Crippen LogP contribution in [-0.2, 0) is 12.8 Å². The second-order valence-corrected chi connectivity index (χ2v) is 3.64. The Morgan fingerprint density at radius 1 is 1.36 bits per heavy atom. The summed E-state index contributed by atoms with van der Waals surface area (Å²) in [5, 5.41) is 0. The van der Waals surface area contributed by atoms with Crippen LogP contribution < -0.4 is 0 Å². The molecule has 2 rings (SSSR count). The van der Waals surface area contributed by atoms with Gasteiger partial charge in [-0.1, -0.05) is 18.1 Å². The molecule has 0 amide bonds. The van der Waals surface area contributed by atoms with Crippen LogP contribution >= 0.6 is 0 Å². The highest BCUT2D eigenvalue weighted by molar-refractivity contribution is 5.97. The number of aryl methyl sites for hydroxylation is 2. The summed E-state index contributed by atoms with van der Waals surface area (Å²) in [5.74, 6) is 2.44. The second-order valence-electron chi connectivity index (χ2n) is 3.64. The molecule has 1 nitrogen and oxygen atoms in total. The van der Waals surface area contributed by atoms with E-state index in [9.17, 15) is 4.79 Å². The molecule has 1 aromatic rings. The van der Waals surface area contributed by atoms with Gasteiger partial charge in [0.2, 0.25) is 0 Å². The summed E-state index contributed by atoms with van der Waals surface area (Å²) in [4.78, 5) is 11.5. The third-order valence-corrected chi connectivity index (χ3v) is 2.68. The van der Waals surface area contributed by atoms with E-state index in [1.807, 2.05) is 12.1 Å². The molecule has 0 N–H and O–H groups in total. The SMILES string of the molecule is C#CCC(=O)c1ccc2c(c1)CCC2. The lowest BCUT2D eigenvalue weighted by Crippen LogP contribution is -1.98. The van der Waals surface area contributed by atoms with E-state index in [0.717, 1.165) is 18.4 Å². The highest BCUT2D eigenvalue weighted by atomic mass is 16.1. The number of fused-ring (bicyclic) bond motifs is 1. The molecule has 0 saturated carbocycles. The maximum Gasteiger partial charge on any atom is 0.174 e. The predicted octanol–water partition coefficient (Wildman–Crippen LogP) is 2.38. The minimum absolute atomic E-state index is 0.0576. The van der Waals surface area contributed by atoms with E-state index < -0.39 is 0 Å². The summed E-state index contributed by atoms with van der Waals surface area (Å²) in [6, 6.07) is 5.96. The van der Waals surface area contributed by atoms with Crippen LogP contribution in [-0.4, -0.2) is 5.78 Å². The van der Waals surface area contributed by atoms with Crippen molar-refractivity contribution in [2.75, 3.05) is 0 Å². The van der Waals surface area contributed by atoms with E-state index in [-0.39, 0.29) is 12.2 Å². The van der Waals surface area contributed by atoms with Crippen LogP contribution in [0.3, 0.4) is 0 Å². The average Bonchev–Trinajstić information content (AvgIpc) is 2.64. The predicted molar refractivity (Wildman–Crippen MR) is 56.2 cm³/mol. The third-order valence-electron chi connectivity index (χ3n) is 2.68. The van der Waals surface area contributed by atoms with E-state index in [1.54, 1.807) is 0 Å². The van der Waals surface area contributed by atoms with Gasteiger partial charge in [-0.05, 0) is 36.5 Å². The molecule has 0 spiro atoms. The maximum atomic E-state index is 11.5. The van der Waals surface area contributed by atoms with Gasteiger partial charge in [-0.3, -0.25) is 4.79 Å². The van der Waals surface area contributed by atoms with Crippen molar-refractivity contribution < 1.29 is 4.79 Å². The highest BCUT2D eigenvalue weighted by Crippen LogP contribution is 2.23. The molecule has 70 valence electrons. The van der Waals surface area contributed by atoms with Crippen LogP contribution in [0.1, 0.15) is 34.3 Å². The fraction of sp³-hybridized carbons (Fsp3) is 0.308. The van der Waals surface area contributed by atoms with E-state index in [4.69, 9.17) is 6.42 Å². The Labute approximate surface area is 84.1 Å². The molecule has 1 aliphatic rings. The van der Waals surface area contributed by atoms with E-state index in [1.165, 1.54) is 17.5 Å². The number of carbonyl (C=O) groups is 1. The molecule has 0 saturated heterocycles. The van der Waals surface area contributed by atoms with E-state index >= 15 is 0 Å². The Balaban J connectivity index is 2.29. The smallest absolute Gasteiger partial charge is 0.174 e. The summed E-state index contributed by atoms with van der Waals surface area (Å²) in [7, 11) is 0. The fourth-order valence-corrected chi connectivity index (χ4v) is 1.94. The molecule has 0 atom stereocenters. The molecule has 1 heteroatoms. The first-order valence-electron chi connectivity index (χ1n) is 4.90. The number of ketones is 1. The van der Waals surface area contributed by atoms with Crippen LogP contribution in [0.5, 0.6) is 0 Å². The van der Waals surface area contributed by atoms with Crippen molar-refractivity contribution >= 4 is 5.78 Å². The maximum absolute atomic E-state index is 11.5. The van der Waals surface area contributed by atoms with Crippen molar-refractivity contribution in [1.82, 2.24) is 0 Å². The summed E-state index contributed by atoms with van der Waals surface area (Å²) in [5.41, 5.74) is 3.48. The molecule has 0 fully saturated rings. The van der Waals surface area contributed by atoms with Crippen molar-refractivity contribution in [2.45, 2.75) is 25.7 Å². The zero-order chi connectivity index (χ0) is 9.97. The first kappa shape index (κ1) is 9.02. The summed E-state index contributed by atoms with van der Waals surface area (Å²) in [6.07, 6.45) is 8.78. The van der Waals surface area contributed by atoms with E-state index in [0.29, 0.717) is 0 Å². The van der Waals surface area contributed by atoms with Crippen LogP contribution in [0.15, 0.2) is 18.2 Å². The van der Waals surface area contributed by atoms with Crippen molar-refractivity contribution in [3.8, 4) is 12.3 Å². The number of benzene rings is 1. The van der Waals surface area contributed by atoms with Crippen molar-refractivity contribution in [2.24, 2.45) is 0 Å². The van der Waals surface area contributed by atoms with Crippen molar-refractivity contribution in [1.29, 1.82) is 0 Å². The minimum atomic E-state index is 0.0576. The van der Waals surface area contributed by atoms with Crippen molar-refractivity contribution in [3.05, 3.63) is 34.9 Å². The Kier molecular flexibility index (Phi) is 2.37. The molecule has 0 bridgehead atoms. The quantitative estimate of drug-likeness (QED) is 0.509. The number of terminal acetylenes is 1. The zero-order valence-corrected chi connectivity index (χ0v) is 8.05. The van der Waals surface area contributed by atoms with Gasteiger partial charge in [0.1, 0.15) is 0 Å². The monoisotopic (exact) mass is 184 g/mol. The lowest BCUT2D eigenvalue weighted by Gasteiger charge is -2.01.